The molecule has 0 bridgehead atoms. The zero-order valence-corrected chi connectivity index (χ0v) is 22.0. The van der Waals surface area contributed by atoms with Crippen LogP contribution in [-0.4, -0.2) is 30.3 Å². The van der Waals surface area contributed by atoms with Gasteiger partial charge in [-0.3, -0.25) is 9.59 Å². The van der Waals surface area contributed by atoms with Crippen LogP contribution in [0, 0.1) is 5.82 Å². The van der Waals surface area contributed by atoms with Gasteiger partial charge in [0.25, 0.3) is 5.91 Å². The average molecular weight is 699 g/mol. The summed E-state index contributed by atoms with van der Waals surface area (Å²) < 4.78 is 177. The Hall–Kier alpha value is -3.83. The van der Waals surface area contributed by atoms with Gasteiger partial charge >= 0.3 is 30.1 Å². The highest BCUT2D eigenvalue weighted by atomic mass is 79.9. The van der Waals surface area contributed by atoms with Crippen molar-refractivity contribution in [1.29, 1.82) is 0 Å². The second-order valence-corrected chi connectivity index (χ2v) is 9.53. The van der Waals surface area contributed by atoms with E-state index in [0.717, 1.165) is 18.2 Å². The summed E-state index contributed by atoms with van der Waals surface area (Å²) in [6, 6.07) is 6.17. The molecule has 3 aromatic rings. The van der Waals surface area contributed by atoms with Crippen LogP contribution in [0.1, 0.15) is 31.8 Å². The lowest BCUT2D eigenvalue weighted by Crippen LogP contribution is -2.50. The highest BCUT2D eigenvalue weighted by Gasteiger charge is 2.74. The first kappa shape index (κ1) is 33.7. The summed E-state index contributed by atoms with van der Waals surface area (Å²) in [5, 5.41) is 1.41. The van der Waals surface area contributed by atoms with Gasteiger partial charge in [0.05, 0.1) is 16.8 Å². The molecule has 4 nitrogen and oxygen atoms in total. The Morgan fingerprint density at radius 3 is 1.81 bits per heavy atom. The zero-order chi connectivity index (χ0) is 32.9. The molecule has 0 radical (unpaired) electrons. The monoisotopic (exact) mass is 698 g/mol. The van der Waals surface area contributed by atoms with Gasteiger partial charge in [-0.05, 0) is 51.8 Å². The Balaban J connectivity index is 2.23. The molecule has 0 aliphatic rings. The van der Waals surface area contributed by atoms with Gasteiger partial charge in [0.2, 0.25) is 5.91 Å². The Bertz CT molecular complexity index is 1570. The molecule has 0 aliphatic carbocycles. The second-order valence-electron chi connectivity index (χ2n) is 8.67. The van der Waals surface area contributed by atoms with Crippen LogP contribution in [0.4, 0.5) is 62.8 Å². The molecule has 3 rings (SSSR count). The maximum Gasteiger partial charge on any atom is 0.458 e. The highest BCUT2D eigenvalue weighted by Crippen LogP contribution is 2.56. The minimum atomic E-state index is -6.89. The third-order valence-electron chi connectivity index (χ3n) is 5.90. The Morgan fingerprint density at radius 1 is 0.744 bits per heavy atom. The topological polar surface area (TPSA) is 72.2 Å². The van der Waals surface area contributed by atoms with Gasteiger partial charge in [0, 0.05) is 21.2 Å². The fourth-order valence-electron chi connectivity index (χ4n) is 3.77. The number of hydrogen-bond acceptors (Lipinski definition) is 2. The van der Waals surface area contributed by atoms with Gasteiger partial charge in [0.15, 0.2) is 0 Å². The largest absolute Gasteiger partial charge is 0.458 e. The van der Waals surface area contributed by atoms with Gasteiger partial charge in [-0.15, -0.1) is 0 Å². The Labute approximate surface area is 239 Å². The van der Waals surface area contributed by atoms with Gasteiger partial charge in [-0.1, -0.05) is 24.3 Å². The van der Waals surface area contributed by atoms with Crippen LogP contribution in [0.5, 0.6) is 0 Å². The van der Waals surface area contributed by atoms with Crippen LogP contribution >= 0.6 is 15.9 Å². The average Bonchev–Trinajstić information content (AvgIpc) is 2.87. The summed E-state index contributed by atoms with van der Waals surface area (Å²) in [7, 11) is 0. The van der Waals surface area contributed by atoms with Gasteiger partial charge in [-0.2, -0.15) is 48.3 Å². The number of amides is 2. The molecule has 0 aliphatic heterocycles. The number of alkyl halides is 12. The van der Waals surface area contributed by atoms with E-state index in [-0.39, 0.29) is 11.1 Å². The molecule has 0 heterocycles. The number of hydrogen-bond donors (Lipinski definition) is 2. The van der Waals surface area contributed by atoms with Crippen molar-refractivity contribution in [2.75, 3.05) is 5.32 Å². The molecule has 0 atom stereocenters. The van der Waals surface area contributed by atoms with Crippen LogP contribution in [0.25, 0.3) is 11.1 Å². The molecule has 0 fully saturated rings. The summed E-state index contributed by atoms with van der Waals surface area (Å²) in [4.78, 5) is 24.3. The van der Waals surface area contributed by atoms with Crippen LogP contribution < -0.4 is 11.1 Å². The fourth-order valence-corrected chi connectivity index (χ4v) is 4.33. The predicted octanol–water partition coefficient (Wildman–Crippen LogP) is 8.55. The molecule has 232 valence electrons. The van der Waals surface area contributed by atoms with Gasteiger partial charge < -0.3 is 11.1 Å². The van der Waals surface area contributed by atoms with Crippen molar-refractivity contribution in [3.05, 3.63) is 87.1 Å². The smallest absolute Gasteiger partial charge is 0.366 e. The van der Waals surface area contributed by atoms with Gasteiger partial charge in [0.1, 0.15) is 5.82 Å². The van der Waals surface area contributed by atoms with Crippen LogP contribution in [0.3, 0.4) is 0 Å². The van der Waals surface area contributed by atoms with E-state index in [4.69, 9.17) is 5.73 Å². The van der Waals surface area contributed by atoms with Crippen LogP contribution in [0.15, 0.2) is 59.1 Å². The molecule has 0 saturated heterocycles. The van der Waals surface area contributed by atoms with E-state index < -0.39 is 92.3 Å². The highest BCUT2D eigenvalue weighted by molar-refractivity contribution is 9.10. The third-order valence-corrected chi connectivity index (χ3v) is 6.53. The number of carbonyl (C=O) groups excluding carboxylic acids is 2. The van der Waals surface area contributed by atoms with E-state index in [1.165, 1.54) is 23.5 Å². The lowest BCUT2D eigenvalue weighted by atomic mass is 9.90. The predicted molar refractivity (Wildman–Crippen MR) is 127 cm³/mol. The Kier molecular flexibility index (Phi) is 8.63. The minimum Gasteiger partial charge on any atom is -0.366 e. The first-order valence-corrected chi connectivity index (χ1v) is 11.9. The third kappa shape index (κ3) is 6.01. The summed E-state index contributed by atoms with van der Waals surface area (Å²) in [6.45, 7) is 0. The minimum absolute atomic E-state index is 0.0585. The molecule has 3 aromatic carbocycles. The fraction of sp³-hybridized carbons (Fsp3) is 0.200. The number of halogens is 14. The molecule has 0 aromatic heterocycles. The molecular weight excluding hydrogens is 687 g/mol. The summed E-state index contributed by atoms with van der Waals surface area (Å²) >= 11 is 2.22. The SMILES string of the molecule is NC(=O)c1cccc(-c2cccc(C(=O)Nc3c(Br)cc(C(F)(C(F)(F)F)C(F)(F)F)cc3C(F)(F)C(F)(F)F)c2F)c1. The molecule has 43 heavy (non-hydrogen) atoms. The maximum absolute atomic E-state index is 15.3. The lowest BCUT2D eigenvalue weighted by Gasteiger charge is -2.32. The molecule has 18 heteroatoms. The Morgan fingerprint density at radius 2 is 1.30 bits per heavy atom. The standard InChI is InChI=1S/C25H12BrF13N2O2/c26-16-9-12(21(28,23(31,32)33)24(34,35)36)8-15(22(29,30)25(37,38)39)18(16)41-20(43)14-6-2-5-13(17(14)27)10-3-1-4-11(7-10)19(40)42/h1-9H,(H2,40,42)(H,41,43). The van der Waals surface area contributed by atoms with Crippen molar-refractivity contribution in [3.8, 4) is 11.1 Å². The summed E-state index contributed by atoms with van der Waals surface area (Å²) in [6.07, 6.45) is -20.5. The number of nitrogens with two attached hydrogens (primary N) is 1. The first-order chi connectivity index (χ1) is 19.4. The van der Waals surface area contributed by atoms with Crippen LogP contribution in [0.2, 0.25) is 0 Å². The molecular formula is C25H12BrF13N2O2. The van der Waals surface area contributed by atoms with E-state index in [1.54, 1.807) is 0 Å². The molecule has 0 saturated carbocycles. The van der Waals surface area contributed by atoms with Crippen LogP contribution in [-0.2, 0) is 11.6 Å². The summed E-state index contributed by atoms with van der Waals surface area (Å²) in [5.41, 5.74) is -10.1. The number of primary amides is 1. The number of rotatable bonds is 6. The maximum atomic E-state index is 15.3. The van der Waals surface area contributed by atoms with E-state index >= 15 is 4.39 Å². The molecule has 2 amide bonds. The first-order valence-electron chi connectivity index (χ1n) is 11.1. The van der Waals surface area contributed by atoms with E-state index in [1.807, 2.05) is 0 Å². The van der Waals surface area contributed by atoms with Crippen molar-refractivity contribution >= 4 is 33.4 Å². The van der Waals surface area contributed by atoms with Gasteiger partial charge in [-0.25, -0.2) is 8.78 Å². The van der Waals surface area contributed by atoms with E-state index in [0.29, 0.717) is 6.07 Å². The molecule has 0 spiro atoms. The number of anilines is 1. The normalized spacial score (nSPS) is 13.2. The van der Waals surface area contributed by atoms with Crippen molar-refractivity contribution in [2.45, 2.75) is 30.1 Å². The zero-order valence-electron chi connectivity index (χ0n) is 20.4. The number of benzene rings is 3. The lowest BCUT2D eigenvalue weighted by molar-refractivity contribution is -0.348. The van der Waals surface area contributed by atoms with Crippen molar-refractivity contribution < 1.29 is 66.7 Å². The van der Waals surface area contributed by atoms with Crippen molar-refractivity contribution in [3.63, 3.8) is 0 Å². The second kappa shape index (κ2) is 11.0. The summed E-state index contributed by atoms with van der Waals surface area (Å²) in [5.74, 6) is -10.4. The molecule has 3 N–H and O–H groups in total. The van der Waals surface area contributed by atoms with E-state index in [9.17, 15) is 62.3 Å². The van der Waals surface area contributed by atoms with Crippen molar-refractivity contribution in [2.24, 2.45) is 5.73 Å². The number of nitrogens with one attached hydrogen (secondary N) is 1. The quantitative estimate of drug-likeness (QED) is 0.253. The van der Waals surface area contributed by atoms with E-state index in [2.05, 4.69) is 15.9 Å². The molecule has 0 unspecified atom stereocenters. The number of carbonyl (C=O) groups is 2. The van der Waals surface area contributed by atoms with Crippen molar-refractivity contribution in [1.82, 2.24) is 0 Å².